The maximum atomic E-state index is 11.5. The number of nitrogens with zero attached hydrogens (tertiary/aromatic N) is 2. The number of methoxy groups -OCH3 is 1. The summed E-state index contributed by atoms with van der Waals surface area (Å²) in [5.74, 6) is -0.0611. The zero-order valence-corrected chi connectivity index (χ0v) is 19.2. The molecule has 4 nitrogen and oxygen atoms in total. The quantitative estimate of drug-likeness (QED) is 0.442. The minimum atomic E-state index is -1.46. The average Bonchev–Trinajstić information content (AvgIpc) is 3.52. The molecule has 28 heavy (non-hydrogen) atoms. The lowest BCUT2D eigenvalue weighted by molar-refractivity contribution is -0.141. The van der Waals surface area contributed by atoms with Gasteiger partial charge in [0.05, 0.1) is 13.5 Å². The molecule has 4 rings (SSSR count). The van der Waals surface area contributed by atoms with Crippen LogP contribution in [0.4, 0.5) is 0 Å². The van der Waals surface area contributed by atoms with Crippen LogP contribution in [0.5, 0.6) is 0 Å². The lowest BCUT2D eigenvalue weighted by atomic mass is 10.3. The first-order valence-corrected chi connectivity index (χ1v) is 14.5. The largest absolute Gasteiger partial charge is 0.469 e. The Labute approximate surface area is 173 Å². The van der Waals surface area contributed by atoms with Gasteiger partial charge in [0.15, 0.2) is 0 Å². The van der Waals surface area contributed by atoms with E-state index in [1.807, 2.05) is 0 Å². The van der Waals surface area contributed by atoms with E-state index in [1.54, 1.807) is 38.5 Å². The van der Waals surface area contributed by atoms with Crippen molar-refractivity contribution in [2.24, 2.45) is 0 Å². The van der Waals surface area contributed by atoms with Crippen molar-refractivity contribution < 1.29 is 9.53 Å². The van der Waals surface area contributed by atoms with E-state index in [0.717, 1.165) is 36.3 Å². The van der Waals surface area contributed by atoms with Crippen molar-refractivity contribution in [1.82, 2.24) is 9.47 Å². The summed E-state index contributed by atoms with van der Waals surface area (Å²) >= 11 is 0. The third kappa shape index (κ3) is 4.09. The van der Waals surface area contributed by atoms with Crippen molar-refractivity contribution in [2.75, 3.05) is 39.8 Å². The predicted molar refractivity (Wildman–Crippen MR) is 117 cm³/mol. The topological polar surface area (TPSA) is 32.8 Å². The second kappa shape index (κ2) is 9.61. The molecule has 4 aliphatic rings. The van der Waals surface area contributed by atoms with E-state index in [4.69, 9.17) is 4.74 Å². The lowest BCUT2D eigenvalue weighted by Gasteiger charge is -2.56. The summed E-state index contributed by atoms with van der Waals surface area (Å²) in [6.45, 7) is 5.76. The minimum absolute atomic E-state index is 0.0611. The molecule has 0 radical (unpaired) electrons. The number of carbonyl (C=O) groups is 1. The highest BCUT2D eigenvalue weighted by molar-refractivity contribution is 6.81. The lowest BCUT2D eigenvalue weighted by Crippen LogP contribution is -2.66. The van der Waals surface area contributed by atoms with Crippen molar-refractivity contribution in [2.45, 2.75) is 100 Å². The van der Waals surface area contributed by atoms with E-state index in [9.17, 15) is 4.79 Å². The number of rotatable bonds is 7. The van der Waals surface area contributed by atoms with Gasteiger partial charge in [-0.3, -0.25) is 4.79 Å². The van der Waals surface area contributed by atoms with Crippen molar-refractivity contribution in [3.05, 3.63) is 0 Å². The first-order chi connectivity index (χ1) is 13.7. The van der Waals surface area contributed by atoms with Gasteiger partial charge in [-0.1, -0.05) is 77.0 Å². The maximum Gasteiger partial charge on any atom is 0.306 e. The number of esters is 1. The molecule has 3 aliphatic carbocycles. The second-order valence-corrected chi connectivity index (χ2v) is 14.8. The van der Waals surface area contributed by atoms with Crippen LogP contribution >= 0.6 is 0 Å². The monoisotopic (exact) mass is 406 g/mol. The fourth-order valence-electron chi connectivity index (χ4n) is 7.65. The van der Waals surface area contributed by atoms with Gasteiger partial charge < -0.3 is 14.2 Å². The molecule has 4 fully saturated rings. The average molecular weight is 407 g/mol. The highest BCUT2D eigenvalue weighted by Gasteiger charge is 2.57. The molecule has 5 heteroatoms. The van der Waals surface area contributed by atoms with Crippen LogP contribution in [0, 0.1) is 0 Å². The highest BCUT2D eigenvalue weighted by atomic mass is 28.3. The molecule has 3 saturated carbocycles. The third-order valence-corrected chi connectivity index (χ3v) is 16.0. The number of piperazine rings is 1. The first-order valence-electron chi connectivity index (χ1n) is 12.3. The standard InChI is InChI=1S/C23H42N2O2Si/c1-27-23(26)14-15-24-16-18-25(19-17-24)28(20-8-2-3-9-20,21-10-4-5-11-21)22-12-6-7-13-22/h20-22H,2-19H2,1H3. The number of hydrogen-bond acceptors (Lipinski definition) is 4. The maximum absolute atomic E-state index is 11.5. The Morgan fingerprint density at radius 3 is 1.61 bits per heavy atom. The Morgan fingerprint density at radius 1 is 0.786 bits per heavy atom. The van der Waals surface area contributed by atoms with Gasteiger partial charge in [0.2, 0.25) is 0 Å². The third-order valence-electron chi connectivity index (χ3n) is 8.81. The first kappa shape index (κ1) is 20.9. The van der Waals surface area contributed by atoms with Crippen LogP contribution in [0.2, 0.25) is 16.6 Å². The number of carbonyl (C=O) groups excluding carboxylic acids is 1. The Kier molecular flexibility index (Phi) is 7.16. The summed E-state index contributed by atoms with van der Waals surface area (Å²) in [7, 11) is 0.0433. The number of hydrogen-bond donors (Lipinski definition) is 0. The fraction of sp³-hybridized carbons (Fsp3) is 0.957. The van der Waals surface area contributed by atoms with E-state index in [1.165, 1.54) is 58.7 Å². The molecule has 0 spiro atoms. The minimum Gasteiger partial charge on any atom is -0.469 e. The smallest absolute Gasteiger partial charge is 0.306 e. The number of ether oxygens (including phenoxy) is 1. The molecule has 1 heterocycles. The normalized spacial score (nSPS) is 27.0. The van der Waals surface area contributed by atoms with Gasteiger partial charge in [-0.2, -0.15) is 0 Å². The van der Waals surface area contributed by atoms with Crippen LogP contribution in [0.1, 0.15) is 83.5 Å². The van der Waals surface area contributed by atoms with Crippen LogP contribution in [0.15, 0.2) is 0 Å². The van der Waals surface area contributed by atoms with Gasteiger partial charge in [-0.05, 0) is 16.6 Å². The zero-order valence-electron chi connectivity index (χ0n) is 18.2. The molecule has 1 aliphatic heterocycles. The summed E-state index contributed by atoms with van der Waals surface area (Å²) in [5, 5.41) is 0. The van der Waals surface area contributed by atoms with E-state index in [0.29, 0.717) is 6.42 Å². The van der Waals surface area contributed by atoms with Crippen molar-refractivity contribution in [3.63, 3.8) is 0 Å². The SMILES string of the molecule is COC(=O)CCN1CCN([Si](C2CCCC2)(C2CCCC2)C2CCCC2)CC1. The predicted octanol–water partition coefficient (Wildman–Crippen LogP) is 4.95. The van der Waals surface area contributed by atoms with Gasteiger partial charge in [0, 0.05) is 32.7 Å². The molecular formula is C23H42N2O2Si. The van der Waals surface area contributed by atoms with Gasteiger partial charge in [0.1, 0.15) is 8.24 Å². The van der Waals surface area contributed by atoms with Crippen molar-refractivity contribution in [1.29, 1.82) is 0 Å². The van der Waals surface area contributed by atoms with Crippen LogP contribution in [-0.2, 0) is 9.53 Å². The van der Waals surface area contributed by atoms with Crippen LogP contribution in [-0.4, -0.2) is 63.5 Å². The highest BCUT2D eigenvalue weighted by Crippen LogP contribution is 2.59. The molecule has 0 aromatic heterocycles. The molecule has 0 amide bonds. The van der Waals surface area contributed by atoms with E-state index >= 15 is 0 Å². The van der Waals surface area contributed by atoms with Crippen LogP contribution in [0.3, 0.4) is 0 Å². The summed E-state index contributed by atoms with van der Waals surface area (Å²) < 4.78 is 8.01. The van der Waals surface area contributed by atoms with Gasteiger partial charge in [-0.15, -0.1) is 0 Å². The van der Waals surface area contributed by atoms with Gasteiger partial charge in [0.25, 0.3) is 0 Å². The zero-order chi connectivity index (χ0) is 19.4. The molecule has 0 aromatic rings. The Bertz CT molecular complexity index is 462. The molecule has 0 atom stereocenters. The molecule has 1 saturated heterocycles. The van der Waals surface area contributed by atoms with Crippen LogP contribution in [0.25, 0.3) is 0 Å². The second-order valence-electron chi connectivity index (χ2n) is 9.99. The van der Waals surface area contributed by atoms with E-state index < -0.39 is 8.24 Å². The summed E-state index contributed by atoms with van der Waals surface area (Å²) in [6, 6.07) is 0. The van der Waals surface area contributed by atoms with Crippen molar-refractivity contribution in [3.8, 4) is 0 Å². The molecular weight excluding hydrogens is 364 g/mol. The summed E-state index contributed by atoms with van der Waals surface area (Å²) in [6.07, 6.45) is 18.8. The summed E-state index contributed by atoms with van der Waals surface area (Å²) in [4.78, 5) is 14.1. The molecule has 0 unspecified atom stereocenters. The Morgan fingerprint density at radius 2 is 1.21 bits per heavy atom. The van der Waals surface area contributed by atoms with E-state index in [-0.39, 0.29) is 5.97 Å². The van der Waals surface area contributed by atoms with E-state index in [2.05, 4.69) is 9.47 Å². The Balaban J connectivity index is 1.51. The summed E-state index contributed by atoms with van der Waals surface area (Å²) in [5.41, 5.74) is 3.25. The fourth-order valence-corrected chi connectivity index (χ4v) is 16.2. The molecule has 160 valence electrons. The van der Waals surface area contributed by atoms with Crippen molar-refractivity contribution >= 4 is 14.2 Å². The van der Waals surface area contributed by atoms with Gasteiger partial charge in [-0.25, -0.2) is 0 Å². The molecule has 0 N–H and O–H groups in total. The molecule has 0 bridgehead atoms. The van der Waals surface area contributed by atoms with Crippen LogP contribution < -0.4 is 0 Å². The van der Waals surface area contributed by atoms with Gasteiger partial charge >= 0.3 is 5.97 Å². The molecule has 0 aromatic carbocycles. The Hall–Kier alpha value is -0.393.